The fourth-order valence-corrected chi connectivity index (χ4v) is 9.66. The summed E-state index contributed by atoms with van der Waals surface area (Å²) in [7, 11) is 3.79. The van der Waals surface area contributed by atoms with Crippen LogP contribution in [0.25, 0.3) is 0 Å². The van der Waals surface area contributed by atoms with E-state index in [1.165, 1.54) is 32.1 Å². The maximum atomic E-state index is 16.2. The fourth-order valence-electron chi connectivity index (χ4n) is 9.66. The van der Waals surface area contributed by atoms with E-state index in [0.717, 1.165) is 50.0 Å². The molecule has 1 aromatic rings. The molecule has 0 aromatic heterocycles. The summed E-state index contributed by atoms with van der Waals surface area (Å²) in [5, 5.41) is 6.58. The Hall–Kier alpha value is -2.49. The molecule has 9 heteroatoms. The van der Waals surface area contributed by atoms with Crippen LogP contribution in [0.1, 0.15) is 69.8 Å². The molecule has 246 valence electrons. The number of morpholine rings is 1. The largest absolute Gasteiger partial charge is 0.497 e. The smallest absolute Gasteiger partial charge is 0.256 e. The summed E-state index contributed by atoms with van der Waals surface area (Å²) in [4.78, 5) is 32.2. The summed E-state index contributed by atoms with van der Waals surface area (Å²) in [6, 6.07) is 7.81. The number of fused-ring (bicyclic) bond motifs is 3. The summed E-state index contributed by atoms with van der Waals surface area (Å²) >= 11 is 0. The van der Waals surface area contributed by atoms with Crippen LogP contribution in [0.3, 0.4) is 0 Å². The molecule has 0 radical (unpaired) electrons. The maximum Gasteiger partial charge on any atom is 0.256 e. The van der Waals surface area contributed by atoms with Crippen LogP contribution in [0.15, 0.2) is 36.0 Å². The number of ether oxygens (including phenoxy) is 2. The second-order valence-electron chi connectivity index (χ2n) is 14.6. The quantitative estimate of drug-likeness (QED) is 0.403. The Kier molecular flexibility index (Phi) is 9.21. The maximum absolute atomic E-state index is 16.2. The fraction of sp³-hybridized carbons (Fsp3) is 0.722. The lowest BCUT2D eigenvalue weighted by Gasteiger charge is -2.61. The minimum Gasteiger partial charge on any atom is -0.497 e. The van der Waals surface area contributed by atoms with Crippen molar-refractivity contribution in [1.29, 1.82) is 0 Å². The van der Waals surface area contributed by atoms with Gasteiger partial charge in [0.2, 0.25) is 0 Å². The second-order valence-corrected chi connectivity index (χ2v) is 14.6. The van der Waals surface area contributed by atoms with E-state index in [2.05, 4.69) is 27.5 Å². The van der Waals surface area contributed by atoms with Crippen LogP contribution in [0.4, 0.5) is 4.39 Å². The number of alkyl halides is 1. The second kappa shape index (κ2) is 13.3. The van der Waals surface area contributed by atoms with Gasteiger partial charge in [0.05, 0.1) is 43.0 Å². The van der Waals surface area contributed by atoms with Gasteiger partial charge in [-0.3, -0.25) is 9.59 Å². The van der Waals surface area contributed by atoms with Crippen molar-refractivity contribution >= 4 is 11.7 Å². The van der Waals surface area contributed by atoms with Crippen molar-refractivity contribution in [2.24, 2.45) is 17.8 Å². The van der Waals surface area contributed by atoms with Gasteiger partial charge in [0.15, 0.2) is 5.78 Å². The van der Waals surface area contributed by atoms with Gasteiger partial charge in [-0.15, -0.1) is 0 Å². The predicted molar refractivity (Wildman–Crippen MR) is 171 cm³/mol. The molecule has 1 aromatic carbocycles. The zero-order valence-corrected chi connectivity index (χ0v) is 27.0. The number of carbonyl (C=O) groups excluding carboxylic acids is 2. The minimum absolute atomic E-state index is 0.0193. The highest BCUT2D eigenvalue weighted by atomic mass is 19.1. The van der Waals surface area contributed by atoms with Gasteiger partial charge in [-0.1, -0.05) is 37.8 Å². The molecular formula is C36H51FN4O4. The number of carbonyl (C=O) groups is 2. The van der Waals surface area contributed by atoms with Gasteiger partial charge in [-0.2, -0.15) is 0 Å². The first kappa shape index (κ1) is 31.1. The van der Waals surface area contributed by atoms with Gasteiger partial charge in [-0.05, 0) is 94.6 Å². The minimum atomic E-state index is -1.24. The Morgan fingerprint density at radius 3 is 2.56 bits per heavy atom. The van der Waals surface area contributed by atoms with Gasteiger partial charge in [-0.25, -0.2) is 4.39 Å². The average Bonchev–Trinajstić information content (AvgIpc) is 3.46. The Morgan fingerprint density at radius 1 is 1.04 bits per heavy atom. The number of Topliss-reactive ketones (excluding diaryl/α,β-unsaturated/α-hetero) is 1. The number of hydrogen-bond acceptors (Lipinski definition) is 7. The molecule has 3 aliphatic heterocycles. The molecule has 5 fully saturated rings. The Bertz CT molecular complexity index is 1260. The molecule has 0 bridgehead atoms. The SMILES string of the molecule is COc1ccc(CCNC2C(F)CC3C(=O)C(C(=O)NCCC4CCCN4C)=CN4C5CC6CCCCC6CC5OC2C34)cc1. The molecule has 0 spiro atoms. The molecule has 2 saturated heterocycles. The highest BCUT2D eigenvalue weighted by molar-refractivity contribution is 6.20. The number of hydrogen-bond donors (Lipinski definition) is 2. The van der Waals surface area contributed by atoms with Gasteiger partial charge in [0, 0.05) is 24.7 Å². The van der Waals surface area contributed by atoms with Crippen LogP contribution in [-0.4, -0.2) is 97.8 Å². The average molecular weight is 623 g/mol. The van der Waals surface area contributed by atoms with Crippen LogP contribution < -0.4 is 15.4 Å². The van der Waals surface area contributed by atoms with E-state index in [1.54, 1.807) is 7.11 Å². The molecule has 3 heterocycles. The van der Waals surface area contributed by atoms with Crippen LogP contribution in [-0.2, 0) is 20.7 Å². The number of halogens is 1. The first-order valence-electron chi connectivity index (χ1n) is 17.6. The van der Waals surface area contributed by atoms with Crippen molar-refractivity contribution in [3.05, 3.63) is 41.6 Å². The van der Waals surface area contributed by atoms with Crippen molar-refractivity contribution < 1.29 is 23.5 Å². The van der Waals surface area contributed by atoms with Crippen LogP contribution in [0.5, 0.6) is 5.75 Å². The van der Waals surface area contributed by atoms with Gasteiger partial charge < -0.3 is 29.9 Å². The van der Waals surface area contributed by atoms with E-state index < -0.39 is 24.2 Å². The molecular weight excluding hydrogens is 571 g/mol. The molecule has 6 aliphatic rings. The number of amides is 1. The van der Waals surface area contributed by atoms with Crippen molar-refractivity contribution in [3.8, 4) is 5.75 Å². The van der Waals surface area contributed by atoms with Gasteiger partial charge in [0.25, 0.3) is 5.91 Å². The van der Waals surface area contributed by atoms with Crippen LogP contribution in [0, 0.1) is 17.8 Å². The Morgan fingerprint density at radius 2 is 1.82 bits per heavy atom. The highest BCUT2D eigenvalue weighted by Crippen LogP contribution is 2.50. The molecule has 10 unspecified atom stereocenters. The molecule has 3 saturated carbocycles. The lowest BCUT2D eigenvalue weighted by Crippen LogP contribution is -2.73. The molecule has 3 aliphatic carbocycles. The normalized spacial score (nSPS) is 37.7. The monoisotopic (exact) mass is 622 g/mol. The zero-order chi connectivity index (χ0) is 31.1. The predicted octanol–water partition coefficient (Wildman–Crippen LogP) is 4.03. The third-order valence-corrected chi connectivity index (χ3v) is 12.1. The lowest BCUT2D eigenvalue weighted by molar-refractivity contribution is -0.208. The Labute approximate surface area is 267 Å². The Balaban J connectivity index is 1.11. The van der Waals surface area contributed by atoms with Gasteiger partial charge >= 0.3 is 0 Å². The van der Waals surface area contributed by atoms with E-state index in [4.69, 9.17) is 9.47 Å². The summed E-state index contributed by atoms with van der Waals surface area (Å²) in [6.45, 7) is 2.25. The van der Waals surface area contributed by atoms with Crippen molar-refractivity contribution in [2.75, 3.05) is 33.8 Å². The molecule has 45 heavy (non-hydrogen) atoms. The van der Waals surface area contributed by atoms with Gasteiger partial charge in [0.1, 0.15) is 11.9 Å². The molecule has 2 N–H and O–H groups in total. The van der Waals surface area contributed by atoms with E-state index in [-0.39, 0.29) is 41.9 Å². The van der Waals surface area contributed by atoms with Crippen molar-refractivity contribution in [2.45, 2.75) is 113 Å². The summed E-state index contributed by atoms with van der Waals surface area (Å²) in [5.41, 5.74) is 1.36. The molecule has 8 nitrogen and oxygen atoms in total. The van der Waals surface area contributed by atoms with E-state index in [9.17, 15) is 9.59 Å². The third-order valence-electron chi connectivity index (χ3n) is 12.1. The van der Waals surface area contributed by atoms with Crippen molar-refractivity contribution in [1.82, 2.24) is 20.4 Å². The zero-order valence-electron chi connectivity index (χ0n) is 27.0. The van der Waals surface area contributed by atoms with E-state index in [1.807, 2.05) is 30.5 Å². The number of nitrogens with one attached hydrogen (secondary N) is 2. The summed E-state index contributed by atoms with van der Waals surface area (Å²) < 4.78 is 28.4. The molecule has 7 rings (SSSR count). The first-order chi connectivity index (χ1) is 21.9. The van der Waals surface area contributed by atoms with Crippen molar-refractivity contribution in [3.63, 3.8) is 0 Å². The topological polar surface area (TPSA) is 83.1 Å². The van der Waals surface area contributed by atoms with E-state index >= 15 is 4.39 Å². The standard InChI is InChI=1S/C36H51FN4O4/c1-40-17-5-8-25(40)14-16-39-36(43)28-21-41-30-18-23-6-3-4-7-24(23)19-31(30)45-35-32(29(37)20-27(33(35)41)34(28)42)38-15-13-22-9-11-26(44-2)12-10-22/h9-12,21,23-25,27,29-33,35,38H,3-8,13-20H2,1-2H3,(H,39,43). The third kappa shape index (κ3) is 6.17. The number of rotatable bonds is 9. The van der Waals surface area contributed by atoms with Crippen LogP contribution >= 0.6 is 0 Å². The molecule has 1 amide bonds. The summed E-state index contributed by atoms with van der Waals surface area (Å²) in [6.07, 6.45) is 11.3. The summed E-state index contributed by atoms with van der Waals surface area (Å²) in [5.74, 6) is 1.01. The number of likely N-dealkylation sites (tertiary alicyclic amines) is 1. The number of methoxy groups -OCH3 is 1. The molecule has 10 atom stereocenters. The highest BCUT2D eigenvalue weighted by Gasteiger charge is 2.59. The van der Waals surface area contributed by atoms with E-state index in [0.29, 0.717) is 31.0 Å². The number of nitrogens with zero attached hydrogens (tertiary/aromatic N) is 2. The lowest BCUT2D eigenvalue weighted by atomic mass is 9.65. The first-order valence-corrected chi connectivity index (χ1v) is 17.6. The number of ketones is 1. The van der Waals surface area contributed by atoms with Crippen LogP contribution in [0.2, 0.25) is 0 Å². The number of benzene rings is 1.